The van der Waals surface area contributed by atoms with Gasteiger partial charge in [0.25, 0.3) is 15.9 Å². The van der Waals surface area contributed by atoms with Crippen LogP contribution in [0.2, 0.25) is 5.02 Å². The summed E-state index contributed by atoms with van der Waals surface area (Å²) >= 11 is 6.04. The number of benzene rings is 3. The van der Waals surface area contributed by atoms with Crippen molar-refractivity contribution in [2.45, 2.75) is 11.8 Å². The second kappa shape index (κ2) is 8.35. The molecule has 3 aromatic rings. The summed E-state index contributed by atoms with van der Waals surface area (Å²) in [5, 5.41) is 11.8. The molecule has 0 saturated heterocycles. The molecule has 0 aliphatic heterocycles. The highest BCUT2D eigenvalue weighted by Crippen LogP contribution is 2.27. The van der Waals surface area contributed by atoms with Crippen molar-refractivity contribution < 1.29 is 13.2 Å². The number of rotatable bonds is 5. The molecule has 0 aliphatic carbocycles. The van der Waals surface area contributed by atoms with E-state index in [2.05, 4.69) is 10.0 Å². The average Bonchev–Trinajstić information content (AvgIpc) is 2.71. The van der Waals surface area contributed by atoms with E-state index in [4.69, 9.17) is 16.9 Å². The van der Waals surface area contributed by atoms with Gasteiger partial charge in [-0.2, -0.15) is 5.26 Å². The lowest BCUT2D eigenvalue weighted by molar-refractivity contribution is 0.102. The summed E-state index contributed by atoms with van der Waals surface area (Å²) in [5.41, 5.74) is 1.89. The summed E-state index contributed by atoms with van der Waals surface area (Å²) in [7, 11) is -3.92. The summed E-state index contributed by atoms with van der Waals surface area (Å²) < 4.78 is 28.1. The van der Waals surface area contributed by atoms with E-state index in [-0.39, 0.29) is 15.6 Å². The van der Waals surface area contributed by atoms with E-state index in [1.165, 1.54) is 30.3 Å². The third-order valence-corrected chi connectivity index (χ3v) is 5.97. The molecule has 8 heteroatoms. The van der Waals surface area contributed by atoms with Crippen molar-refractivity contribution in [3.8, 4) is 6.07 Å². The number of amides is 1. The Kier molecular flexibility index (Phi) is 5.87. The van der Waals surface area contributed by atoms with E-state index in [0.29, 0.717) is 22.4 Å². The van der Waals surface area contributed by atoms with Crippen LogP contribution >= 0.6 is 11.6 Å². The van der Waals surface area contributed by atoms with Gasteiger partial charge in [-0.25, -0.2) is 8.42 Å². The zero-order valence-corrected chi connectivity index (χ0v) is 16.9. The number of carbonyl (C=O) groups excluding carboxylic acids is 1. The number of sulfonamides is 1. The topological polar surface area (TPSA) is 99.1 Å². The van der Waals surface area contributed by atoms with Gasteiger partial charge in [0.2, 0.25) is 0 Å². The number of aryl methyl sites for hydroxylation is 1. The third kappa shape index (κ3) is 4.74. The van der Waals surface area contributed by atoms with Gasteiger partial charge in [0.15, 0.2) is 0 Å². The summed E-state index contributed by atoms with van der Waals surface area (Å²) in [5.74, 6) is -0.416. The molecule has 0 aromatic heterocycles. The first-order valence-electron chi connectivity index (χ1n) is 8.50. The molecular weight excluding hydrogens is 410 g/mol. The van der Waals surface area contributed by atoms with Crippen LogP contribution in [0.4, 0.5) is 11.4 Å². The zero-order chi connectivity index (χ0) is 21.0. The molecule has 0 saturated carbocycles. The molecule has 6 nitrogen and oxygen atoms in total. The molecule has 146 valence electrons. The van der Waals surface area contributed by atoms with E-state index in [0.717, 1.165) is 0 Å². The lowest BCUT2D eigenvalue weighted by Gasteiger charge is -2.13. The Morgan fingerprint density at radius 1 is 1.03 bits per heavy atom. The van der Waals surface area contributed by atoms with Crippen molar-refractivity contribution in [3.05, 3.63) is 88.4 Å². The number of nitrogens with zero attached hydrogens (tertiary/aromatic N) is 1. The van der Waals surface area contributed by atoms with Gasteiger partial charge >= 0.3 is 0 Å². The highest BCUT2D eigenvalue weighted by molar-refractivity contribution is 7.92. The maximum Gasteiger partial charge on any atom is 0.262 e. The highest BCUT2D eigenvalue weighted by atomic mass is 35.5. The fraction of sp³-hybridized carbons (Fsp3) is 0.0476. The first kappa shape index (κ1) is 20.4. The van der Waals surface area contributed by atoms with Gasteiger partial charge in [0.05, 0.1) is 27.2 Å². The van der Waals surface area contributed by atoms with Crippen LogP contribution in [-0.4, -0.2) is 14.3 Å². The van der Waals surface area contributed by atoms with Gasteiger partial charge in [-0.15, -0.1) is 0 Å². The Morgan fingerprint density at radius 3 is 2.38 bits per heavy atom. The minimum atomic E-state index is -3.92. The predicted octanol–water partition coefficient (Wildman–Crippen LogP) is 4.57. The fourth-order valence-corrected chi connectivity index (χ4v) is 4.20. The predicted molar refractivity (Wildman–Crippen MR) is 113 cm³/mol. The van der Waals surface area contributed by atoms with Crippen LogP contribution in [0.3, 0.4) is 0 Å². The average molecular weight is 426 g/mol. The molecule has 0 unspecified atom stereocenters. The summed E-state index contributed by atoms with van der Waals surface area (Å²) in [4.78, 5) is 12.4. The summed E-state index contributed by atoms with van der Waals surface area (Å²) in [6.07, 6.45) is 0. The molecule has 0 radical (unpaired) electrons. The van der Waals surface area contributed by atoms with Crippen LogP contribution in [0.15, 0.2) is 71.6 Å². The monoisotopic (exact) mass is 425 g/mol. The van der Waals surface area contributed by atoms with Crippen molar-refractivity contribution >= 4 is 38.9 Å². The Labute approximate surface area is 173 Å². The molecule has 0 spiro atoms. The number of nitrogens with one attached hydrogen (secondary N) is 2. The Balaban J connectivity index is 1.86. The summed E-state index contributed by atoms with van der Waals surface area (Å²) in [6, 6.07) is 19.2. The lowest BCUT2D eigenvalue weighted by Crippen LogP contribution is -2.16. The SMILES string of the molecule is Cc1ccc(NC(=O)c2ccc(C#N)cc2)cc1S(=O)(=O)Nc1ccccc1Cl. The van der Waals surface area contributed by atoms with Gasteiger partial charge in [0.1, 0.15) is 0 Å². The number of nitriles is 1. The number of para-hydroxylation sites is 1. The van der Waals surface area contributed by atoms with Crippen molar-refractivity contribution in [3.63, 3.8) is 0 Å². The van der Waals surface area contributed by atoms with Gasteiger partial charge in [-0.3, -0.25) is 9.52 Å². The van der Waals surface area contributed by atoms with E-state index in [1.807, 2.05) is 6.07 Å². The van der Waals surface area contributed by atoms with Crippen molar-refractivity contribution in [2.75, 3.05) is 10.0 Å². The summed E-state index contributed by atoms with van der Waals surface area (Å²) in [6.45, 7) is 1.66. The molecule has 1 amide bonds. The molecular formula is C21H16ClN3O3S. The number of hydrogen-bond acceptors (Lipinski definition) is 4. The first-order chi connectivity index (χ1) is 13.8. The second-order valence-electron chi connectivity index (χ2n) is 6.21. The van der Waals surface area contributed by atoms with Crippen LogP contribution < -0.4 is 10.0 Å². The van der Waals surface area contributed by atoms with E-state index >= 15 is 0 Å². The van der Waals surface area contributed by atoms with E-state index in [1.54, 1.807) is 43.3 Å². The van der Waals surface area contributed by atoms with Crippen LogP contribution in [0, 0.1) is 18.3 Å². The normalized spacial score (nSPS) is 10.8. The number of anilines is 2. The number of halogens is 1. The van der Waals surface area contributed by atoms with Crippen LogP contribution in [0.25, 0.3) is 0 Å². The van der Waals surface area contributed by atoms with E-state index in [9.17, 15) is 13.2 Å². The van der Waals surface area contributed by atoms with Gasteiger partial charge in [-0.1, -0.05) is 29.8 Å². The lowest BCUT2D eigenvalue weighted by atomic mass is 10.1. The second-order valence-corrected chi connectivity index (χ2v) is 8.27. The van der Waals surface area contributed by atoms with Crippen LogP contribution in [0.1, 0.15) is 21.5 Å². The number of carbonyl (C=O) groups is 1. The quantitative estimate of drug-likeness (QED) is 0.625. The largest absolute Gasteiger partial charge is 0.322 e. The van der Waals surface area contributed by atoms with Gasteiger partial charge < -0.3 is 5.32 Å². The van der Waals surface area contributed by atoms with Gasteiger partial charge in [0, 0.05) is 11.3 Å². The third-order valence-electron chi connectivity index (χ3n) is 4.13. The molecule has 29 heavy (non-hydrogen) atoms. The Morgan fingerprint density at radius 2 is 1.72 bits per heavy atom. The molecule has 3 rings (SSSR count). The fourth-order valence-electron chi connectivity index (χ4n) is 2.61. The maximum atomic E-state index is 12.8. The maximum absolute atomic E-state index is 12.8. The number of hydrogen-bond donors (Lipinski definition) is 2. The Hall–Kier alpha value is -3.34. The first-order valence-corrected chi connectivity index (χ1v) is 10.4. The standard InChI is InChI=1S/C21H16ClN3O3S/c1-14-6-11-17(24-21(26)16-9-7-15(13-23)8-10-16)12-20(14)29(27,28)25-19-5-3-2-4-18(19)22/h2-12,25H,1H3,(H,24,26). The molecule has 0 aliphatic rings. The molecule has 2 N–H and O–H groups in total. The van der Waals surface area contributed by atoms with Crippen LogP contribution in [-0.2, 0) is 10.0 Å². The smallest absolute Gasteiger partial charge is 0.262 e. The molecule has 0 atom stereocenters. The minimum absolute atomic E-state index is 0.0232. The van der Waals surface area contributed by atoms with E-state index < -0.39 is 15.9 Å². The molecule has 0 heterocycles. The van der Waals surface area contributed by atoms with Crippen LogP contribution in [0.5, 0.6) is 0 Å². The minimum Gasteiger partial charge on any atom is -0.322 e. The molecule has 0 bridgehead atoms. The van der Waals surface area contributed by atoms with Gasteiger partial charge in [-0.05, 0) is 61.0 Å². The van der Waals surface area contributed by atoms with Crippen molar-refractivity contribution in [1.29, 1.82) is 5.26 Å². The molecule has 0 fully saturated rings. The molecule has 3 aromatic carbocycles. The van der Waals surface area contributed by atoms with Crippen molar-refractivity contribution in [2.24, 2.45) is 0 Å². The highest BCUT2D eigenvalue weighted by Gasteiger charge is 2.19. The van der Waals surface area contributed by atoms with Crippen molar-refractivity contribution in [1.82, 2.24) is 0 Å². The zero-order valence-electron chi connectivity index (χ0n) is 15.3. The Bertz CT molecular complexity index is 1220.